The van der Waals surface area contributed by atoms with E-state index < -0.39 is 0 Å². The molecule has 1 aromatic rings. The molecule has 0 aromatic carbocycles. The minimum Gasteiger partial charge on any atom is -0.373 e. The van der Waals surface area contributed by atoms with Crippen LogP contribution in [-0.4, -0.2) is 14.7 Å². The summed E-state index contributed by atoms with van der Waals surface area (Å²) in [7, 11) is 0. The van der Waals surface area contributed by atoms with E-state index in [4.69, 9.17) is 0 Å². The molecule has 0 bridgehead atoms. The lowest BCUT2D eigenvalue weighted by molar-refractivity contribution is 0.0787. The van der Waals surface area contributed by atoms with E-state index in [1.54, 1.807) is 6.33 Å². The summed E-state index contributed by atoms with van der Waals surface area (Å²) in [6, 6.07) is 0. The first-order valence-corrected chi connectivity index (χ1v) is 4.47. The van der Waals surface area contributed by atoms with Gasteiger partial charge in [-0.25, -0.2) is 4.98 Å². The number of aliphatic hydroxyl groups excluding tert-OH is 1. The number of nitrogens with zero attached hydrogens (tertiary/aromatic N) is 2. The fourth-order valence-electron chi connectivity index (χ4n) is 1.44. The predicted molar refractivity (Wildman–Crippen MR) is 44.1 cm³/mol. The third kappa shape index (κ3) is 1.10. The van der Waals surface area contributed by atoms with E-state index in [0.29, 0.717) is 0 Å². The van der Waals surface area contributed by atoms with Crippen LogP contribution in [0.2, 0.25) is 0 Å². The van der Waals surface area contributed by atoms with Gasteiger partial charge in [0.05, 0.1) is 12.0 Å². The van der Waals surface area contributed by atoms with Crippen molar-refractivity contribution in [1.29, 1.82) is 0 Å². The number of hydrogen-bond donors (Lipinski definition) is 1. The van der Waals surface area contributed by atoms with Gasteiger partial charge in [-0.1, -0.05) is 0 Å². The van der Waals surface area contributed by atoms with E-state index in [-0.39, 0.29) is 6.23 Å². The summed E-state index contributed by atoms with van der Waals surface area (Å²) in [4.78, 5) is 4.07. The zero-order valence-corrected chi connectivity index (χ0v) is 7.58. The van der Waals surface area contributed by atoms with Crippen LogP contribution in [0.5, 0.6) is 0 Å². The Morgan fingerprint density at radius 2 is 2.55 bits per heavy atom. The minimum atomic E-state index is -0.363. The Kier molecular flexibility index (Phi) is 1.73. The second-order valence-electron chi connectivity index (χ2n) is 2.76. The molecular formula is C7H9BrN2O. The molecule has 0 saturated carbocycles. The first-order chi connectivity index (χ1) is 5.29. The molecule has 1 atom stereocenters. The maximum atomic E-state index is 9.48. The van der Waals surface area contributed by atoms with Crippen molar-refractivity contribution in [2.45, 2.75) is 25.5 Å². The second-order valence-corrected chi connectivity index (χ2v) is 3.51. The van der Waals surface area contributed by atoms with Crippen molar-refractivity contribution < 1.29 is 5.11 Å². The van der Waals surface area contributed by atoms with Crippen molar-refractivity contribution in [3.05, 3.63) is 16.6 Å². The number of aliphatic hydroxyl groups is 1. The highest BCUT2D eigenvalue weighted by molar-refractivity contribution is 9.10. The van der Waals surface area contributed by atoms with Crippen LogP contribution in [0.4, 0.5) is 0 Å². The van der Waals surface area contributed by atoms with Crippen LogP contribution in [0.3, 0.4) is 0 Å². The molecule has 4 heteroatoms. The Balaban J connectivity index is 2.46. The van der Waals surface area contributed by atoms with Gasteiger partial charge >= 0.3 is 0 Å². The summed E-state index contributed by atoms with van der Waals surface area (Å²) in [6.07, 6.45) is 4.22. The van der Waals surface area contributed by atoms with Gasteiger partial charge in [-0.3, -0.25) is 0 Å². The minimum absolute atomic E-state index is 0.363. The number of rotatable bonds is 0. The summed E-state index contributed by atoms with van der Waals surface area (Å²) in [5.74, 6) is 0. The van der Waals surface area contributed by atoms with Crippen molar-refractivity contribution in [3.63, 3.8) is 0 Å². The molecule has 0 fully saturated rings. The maximum Gasteiger partial charge on any atom is 0.131 e. The number of imidazole rings is 1. The molecule has 1 aliphatic heterocycles. The van der Waals surface area contributed by atoms with Gasteiger partial charge in [-0.2, -0.15) is 0 Å². The zero-order valence-electron chi connectivity index (χ0n) is 6.00. The number of aromatic nitrogens is 2. The van der Waals surface area contributed by atoms with Crippen LogP contribution in [-0.2, 0) is 6.42 Å². The van der Waals surface area contributed by atoms with Crippen molar-refractivity contribution in [3.8, 4) is 0 Å². The molecule has 1 unspecified atom stereocenters. The molecule has 3 nitrogen and oxygen atoms in total. The highest BCUT2D eigenvalue weighted by Crippen LogP contribution is 2.26. The quantitative estimate of drug-likeness (QED) is 0.714. The fourth-order valence-corrected chi connectivity index (χ4v) is 1.94. The smallest absolute Gasteiger partial charge is 0.131 e. The maximum absolute atomic E-state index is 9.48. The molecule has 1 N–H and O–H groups in total. The number of fused-ring (bicyclic) bond motifs is 1. The molecule has 11 heavy (non-hydrogen) atoms. The molecule has 2 heterocycles. The monoisotopic (exact) mass is 216 g/mol. The van der Waals surface area contributed by atoms with Gasteiger partial charge in [-0.05, 0) is 35.2 Å². The van der Waals surface area contributed by atoms with Gasteiger partial charge < -0.3 is 9.67 Å². The summed E-state index contributed by atoms with van der Waals surface area (Å²) in [5.41, 5.74) is 1.11. The van der Waals surface area contributed by atoms with Crippen LogP contribution in [0.25, 0.3) is 0 Å². The molecule has 0 radical (unpaired) electrons. The molecule has 0 aliphatic carbocycles. The molecule has 0 spiro atoms. The van der Waals surface area contributed by atoms with Crippen LogP contribution < -0.4 is 0 Å². The van der Waals surface area contributed by atoms with Crippen molar-refractivity contribution >= 4 is 15.9 Å². The molecule has 1 aromatic heterocycles. The largest absolute Gasteiger partial charge is 0.373 e. The van der Waals surface area contributed by atoms with Gasteiger partial charge in [0.15, 0.2) is 0 Å². The van der Waals surface area contributed by atoms with Gasteiger partial charge in [0, 0.05) is 0 Å². The first kappa shape index (κ1) is 7.31. The molecule has 0 saturated heterocycles. The SMILES string of the molecule is OC1CCCc2c(Br)ncn21. The molecule has 0 amide bonds. The standard InChI is InChI=1S/C7H9BrN2O/c8-7-5-2-1-3-6(11)10(5)4-9-7/h4,6,11H,1-3H2. The van der Waals surface area contributed by atoms with Gasteiger partial charge in [0.2, 0.25) is 0 Å². The normalized spacial score (nSPS) is 23.3. The Morgan fingerprint density at radius 3 is 3.27 bits per heavy atom. The third-order valence-electron chi connectivity index (χ3n) is 2.04. The average molecular weight is 217 g/mol. The highest BCUT2D eigenvalue weighted by atomic mass is 79.9. The zero-order chi connectivity index (χ0) is 7.84. The van der Waals surface area contributed by atoms with E-state index in [2.05, 4.69) is 20.9 Å². The van der Waals surface area contributed by atoms with Gasteiger partial charge in [0.25, 0.3) is 0 Å². The van der Waals surface area contributed by atoms with E-state index in [1.165, 1.54) is 0 Å². The van der Waals surface area contributed by atoms with Crippen molar-refractivity contribution in [2.24, 2.45) is 0 Å². The number of halogens is 1. The summed E-state index contributed by atoms with van der Waals surface area (Å²) in [5, 5.41) is 9.48. The predicted octanol–water partition coefficient (Wildman–Crippen LogP) is 1.47. The molecule has 60 valence electrons. The van der Waals surface area contributed by atoms with Crippen LogP contribution in [0, 0.1) is 0 Å². The Bertz CT molecular complexity index is 271. The second kappa shape index (κ2) is 2.60. The van der Waals surface area contributed by atoms with Crippen molar-refractivity contribution in [2.75, 3.05) is 0 Å². The van der Waals surface area contributed by atoms with Gasteiger partial charge in [0.1, 0.15) is 10.8 Å². The lowest BCUT2D eigenvalue weighted by Gasteiger charge is -2.20. The lowest BCUT2D eigenvalue weighted by atomic mass is 10.1. The number of hydrogen-bond acceptors (Lipinski definition) is 2. The lowest BCUT2D eigenvalue weighted by Crippen LogP contribution is -2.15. The fraction of sp³-hybridized carbons (Fsp3) is 0.571. The summed E-state index contributed by atoms with van der Waals surface area (Å²) in [6.45, 7) is 0. The molecule has 2 rings (SSSR count). The van der Waals surface area contributed by atoms with E-state index >= 15 is 0 Å². The topological polar surface area (TPSA) is 38.1 Å². The Morgan fingerprint density at radius 1 is 1.73 bits per heavy atom. The summed E-state index contributed by atoms with van der Waals surface area (Å²) >= 11 is 3.34. The Labute approximate surface area is 73.2 Å². The summed E-state index contributed by atoms with van der Waals surface area (Å²) < 4.78 is 2.70. The first-order valence-electron chi connectivity index (χ1n) is 3.68. The van der Waals surface area contributed by atoms with E-state index in [0.717, 1.165) is 29.6 Å². The van der Waals surface area contributed by atoms with E-state index in [9.17, 15) is 5.11 Å². The van der Waals surface area contributed by atoms with E-state index in [1.807, 2.05) is 4.57 Å². The van der Waals surface area contributed by atoms with Gasteiger partial charge in [-0.15, -0.1) is 0 Å². The van der Waals surface area contributed by atoms with Crippen molar-refractivity contribution in [1.82, 2.24) is 9.55 Å². The average Bonchev–Trinajstić information content (AvgIpc) is 2.35. The van der Waals surface area contributed by atoms with Crippen LogP contribution >= 0.6 is 15.9 Å². The van der Waals surface area contributed by atoms with Crippen LogP contribution in [0.15, 0.2) is 10.9 Å². The third-order valence-corrected chi connectivity index (χ3v) is 2.70. The highest BCUT2D eigenvalue weighted by Gasteiger charge is 2.19. The molecule has 1 aliphatic rings. The van der Waals surface area contributed by atoms with Crippen LogP contribution in [0.1, 0.15) is 24.8 Å². The Hall–Kier alpha value is -0.350. The molecular weight excluding hydrogens is 208 g/mol.